The first-order valence-electron chi connectivity index (χ1n) is 6.42. The molecular weight excluding hydrogens is 280 g/mol. The molecule has 0 aromatic carbocycles. The summed E-state index contributed by atoms with van der Waals surface area (Å²) in [5.41, 5.74) is 0.847. The lowest BCUT2D eigenvalue weighted by Gasteiger charge is -2.31. The monoisotopic (exact) mass is 296 g/mol. The third-order valence-electron chi connectivity index (χ3n) is 3.12. The molecule has 2 N–H and O–H groups in total. The standard InChI is InChI=1S/C12H16N4O5/c1-8-2-3-10(11(14-8)16(19)20)13-6-9-7-15(12(17)18)4-5-21-9/h2-3,9,13H,4-7H2,1H3,(H,17,18). The van der Waals surface area contributed by atoms with Gasteiger partial charge in [-0.2, -0.15) is 0 Å². The van der Waals surface area contributed by atoms with Crippen molar-refractivity contribution in [2.45, 2.75) is 13.0 Å². The molecule has 1 saturated heterocycles. The zero-order valence-electron chi connectivity index (χ0n) is 11.5. The highest BCUT2D eigenvalue weighted by Gasteiger charge is 2.24. The highest BCUT2D eigenvalue weighted by molar-refractivity contribution is 5.65. The number of rotatable bonds is 4. The van der Waals surface area contributed by atoms with E-state index in [1.165, 1.54) is 4.90 Å². The Morgan fingerprint density at radius 2 is 2.43 bits per heavy atom. The Bertz CT molecular complexity index is 550. The van der Waals surface area contributed by atoms with Crippen molar-refractivity contribution in [3.05, 3.63) is 27.9 Å². The number of nitrogens with one attached hydrogen (secondary N) is 1. The van der Waals surface area contributed by atoms with Crippen LogP contribution in [-0.2, 0) is 4.74 Å². The maximum absolute atomic E-state index is 11.0. The first kappa shape index (κ1) is 15.0. The van der Waals surface area contributed by atoms with E-state index in [0.29, 0.717) is 24.5 Å². The van der Waals surface area contributed by atoms with Crippen LogP contribution in [0, 0.1) is 17.0 Å². The van der Waals surface area contributed by atoms with Crippen molar-refractivity contribution in [1.29, 1.82) is 0 Å². The van der Waals surface area contributed by atoms with Crippen LogP contribution >= 0.6 is 0 Å². The van der Waals surface area contributed by atoms with Crippen molar-refractivity contribution in [2.75, 3.05) is 31.6 Å². The van der Waals surface area contributed by atoms with Crippen molar-refractivity contribution in [2.24, 2.45) is 0 Å². The van der Waals surface area contributed by atoms with Gasteiger partial charge in [-0.15, -0.1) is 0 Å². The van der Waals surface area contributed by atoms with Gasteiger partial charge in [0.05, 0.1) is 19.3 Å². The fourth-order valence-electron chi connectivity index (χ4n) is 2.06. The average Bonchev–Trinajstić information content (AvgIpc) is 2.46. The Hall–Kier alpha value is -2.42. The van der Waals surface area contributed by atoms with Crippen LogP contribution < -0.4 is 5.32 Å². The topological polar surface area (TPSA) is 118 Å². The summed E-state index contributed by atoms with van der Waals surface area (Å²) in [5.74, 6) is -0.249. The van der Waals surface area contributed by atoms with Gasteiger partial charge in [0, 0.05) is 20.0 Å². The molecule has 1 atom stereocenters. The minimum Gasteiger partial charge on any atom is -0.465 e. The molecule has 1 amide bonds. The number of ether oxygens (including phenoxy) is 1. The number of amides is 1. The molecule has 0 bridgehead atoms. The van der Waals surface area contributed by atoms with E-state index < -0.39 is 11.0 Å². The Kier molecular flexibility index (Phi) is 4.53. The number of carboxylic acid groups (broad SMARTS) is 1. The number of aryl methyl sites for hydroxylation is 1. The molecule has 1 aromatic heterocycles. The number of hydrogen-bond donors (Lipinski definition) is 2. The maximum Gasteiger partial charge on any atom is 0.407 e. The van der Waals surface area contributed by atoms with Gasteiger partial charge in [-0.3, -0.25) is 0 Å². The Labute approximate surface area is 120 Å². The summed E-state index contributed by atoms with van der Waals surface area (Å²) in [7, 11) is 0. The zero-order valence-corrected chi connectivity index (χ0v) is 11.5. The van der Waals surface area contributed by atoms with E-state index in [1.54, 1.807) is 19.1 Å². The Morgan fingerprint density at radius 3 is 3.10 bits per heavy atom. The van der Waals surface area contributed by atoms with Crippen LogP contribution in [-0.4, -0.2) is 58.4 Å². The van der Waals surface area contributed by atoms with Crippen LogP contribution in [0.4, 0.5) is 16.3 Å². The number of nitro groups is 1. The molecule has 1 aromatic rings. The SMILES string of the molecule is Cc1ccc(NCC2CN(C(=O)O)CCO2)c([N+](=O)[O-])n1. The number of aromatic nitrogens is 1. The highest BCUT2D eigenvalue weighted by atomic mass is 16.6. The second-order valence-corrected chi connectivity index (χ2v) is 4.68. The number of carbonyl (C=O) groups is 1. The second-order valence-electron chi connectivity index (χ2n) is 4.68. The molecule has 1 fully saturated rings. The van der Waals surface area contributed by atoms with Crippen LogP contribution in [0.1, 0.15) is 5.69 Å². The van der Waals surface area contributed by atoms with E-state index in [-0.39, 0.29) is 25.0 Å². The van der Waals surface area contributed by atoms with Crippen molar-refractivity contribution in [3.8, 4) is 0 Å². The van der Waals surface area contributed by atoms with Gasteiger partial charge in [-0.05, 0) is 22.0 Å². The summed E-state index contributed by atoms with van der Waals surface area (Å²) < 4.78 is 5.45. The van der Waals surface area contributed by atoms with Crippen molar-refractivity contribution in [3.63, 3.8) is 0 Å². The van der Waals surface area contributed by atoms with Gasteiger partial charge in [0.2, 0.25) is 0 Å². The van der Waals surface area contributed by atoms with Crippen molar-refractivity contribution < 1.29 is 19.6 Å². The van der Waals surface area contributed by atoms with Crippen molar-refractivity contribution >= 4 is 17.6 Å². The zero-order chi connectivity index (χ0) is 15.4. The molecule has 21 heavy (non-hydrogen) atoms. The molecule has 9 nitrogen and oxygen atoms in total. The summed E-state index contributed by atoms with van der Waals surface area (Å²) in [5, 5.41) is 22.8. The van der Waals surface area contributed by atoms with Gasteiger partial charge in [-0.25, -0.2) is 4.79 Å². The minimum atomic E-state index is -0.994. The smallest absolute Gasteiger partial charge is 0.407 e. The minimum absolute atomic E-state index is 0.232. The van der Waals surface area contributed by atoms with Gasteiger partial charge in [0.25, 0.3) is 0 Å². The Morgan fingerprint density at radius 1 is 1.67 bits per heavy atom. The third kappa shape index (κ3) is 3.78. The normalized spacial score (nSPS) is 18.3. The summed E-state index contributed by atoms with van der Waals surface area (Å²) in [6.45, 7) is 2.82. The van der Waals surface area contributed by atoms with Gasteiger partial charge in [0.1, 0.15) is 11.4 Å². The molecule has 1 aliphatic heterocycles. The summed E-state index contributed by atoms with van der Waals surface area (Å²) in [6.07, 6.45) is -1.35. The predicted molar refractivity (Wildman–Crippen MR) is 73.5 cm³/mol. The fourth-order valence-corrected chi connectivity index (χ4v) is 2.06. The molecule has 0 radical (unpaired) electrons. The summed E-state index contributed by atoms with van der Waals surface area (Å²) in [4.78, 5) is 26.4. The van der Waals surface area contributed by atoms with Gasteiger partial charge in [-0.1, -0.05) is 0 Å². The molecule has 1 unspecified atom stereocenters. The van der Waals surface area contributed by atoms with E-state index >= 15 is 0 Å². The lowest BCUT2D eigenvalue weighted by molar-refractivity contribution is -0.388. The van der Waals surface area contributed by atoms with E-state index in [1.807, 2.05) is 0 Å². The summed E-state index contributed by atoms with van der Waals surface area (Å²) in [6, 6.07) is 3.25. The fraction of sp³-hybridized carbons (Fsp3) is 0.500. The van der Waals surface area contributed by atoms with Crippen LogP contribution in [0.25, 0.3) is 0 Å². The number of pyridine rings is 1. The molecule has 9 heteroatoms. The van der Waals surface area contributed by atoms with Gasteiger partial charge >= 0.3 is 11.9 Å². The lowest BCUT2D eigenvalue weighted by Crippen LogP contribution is -2.47. The predicted octanol–water partition coefficient (Wildman–Crippen LogP) is 1.09. The lowest BCUT2D eigenvalue weighted by atomic mass is 10.2. The molecule has 0 spiro atoms. The maximum atomic E-state index is 11.0. The molecule has 2 heterocycles. The van der Waals surface area contributed by atoms with E-state index in [0.717, 1.165) is 0 Å². The molecule has 1 aliphatic rings. The highest BCUT2D eigenvalue weighted by Crippen LogP contribution is 2.22. The first-order valence-corrected chi connectivity index (χ1v) is 6.42. The third-order valence-corrected chi connectivity index (χ3v) is 3.12. The van der Waals surface area contributed by atoms with Crippen LogP contribution in [0.15, 0.2) is 12.1 Å². The van der Waals surface area contributed by atoms with Crippen LogP contribution in [0.5, 0.6) is 0 Å². The Balaban J connectivity index is 2.00. The molecule has 0 aliphatic carbocycles. The molecular formula is C12H16N4O5. The number of hydrogen-bond acceptors (Lipinski definition) is 6. The number of anilines is 1. The molecule has 0 saturated carbocycles. The first-order chi connectivity index (χ1) is 9.97. The van der Waals surface area contributed by atoms with Crippen LogP contribution in [0.2, 0.25) is 0 Å². The molecule has 114 valence electrons. The summed E-state index contributed by atoms with van der Waals surface area (Å²) >= 11 is 0. The van der Waals surface area contributed by atoms with E-state index in [2.05, 4.69) is 10.3 Å². The second kappa shape index (κ2) is 6.35. The van der Waals surface area contributed by atoms with Gasteiger partial charge in [0.15, 0.2) is 0 Å². The molecule has 2 rings (SSSR count). The number of nitrogens with zero attached hydrogens (tertiary/aromatic N) is 3. The van der Waals surface area contributed by atoms with Crippen LogP contribution in [0.3, 0.4) is 0 Å². The van der Waals surface area contributed by atoms with E-state index in [4.69, 9.17) is 9.84 Å². The average molecular weight is 296 g/mol. The van der Waals surface area contributed by atoms with Gasteiger partial charge < -0.3 is 30.2 Å². The number of morpholine rings is 1. The largest absolute Gasteiger partial charge is 0.465 e. The van der Waals surface area contributed by atoms with Crippen molar-refractivity contribution in [1.82, 2.24) is 9.88 Å². The van der Waals surface area contributed by atoms with E-state index in [9.17, 15) is 14.9 Å². The quantitative estimate of drug-likeness (QED) is 0.630.